The van der Waals surface area contributed by atoms with Crippen LogP contribution in [0.25, 0.3) is 0 Å². The van der Waals surface area contributed by atoms with Crippen LogP contribution in [-0.2, 0) is 17.8 Å². The van der Waals surface area contributed by atoms with Crippen LogP contribution >= 0.6 is 11.6 Å². The average molecular weight is 290 g/mol. The first-order chi connectivity index (χ1) is 9.65. The zero-order valence-corrected chi connectivity index (χ0v) is 12.1. The molecule has 0 spiro atoms. The Hall–Kier alpha value is -1.87. The van der Waals surface area contributed by atoms with Crippen molar-refractivity contribution in [2.75, 3.05) is 0 Å². The van der Waals surface area contributed by atoms with Crippen LogP contribution in [0.2, 0.25) is 5.02 Å². The van der Waals surface area contributed by atoms with Crippen LogP contribution in [0.1, 0.15) is 24.5 Å². The van der Waals surface area contributed by atoms with Gasteiger partial charge in [-0.2, -0.15) is 0 Å². The van der Waals surface area contributed by atoms with E-state index >= 15 is 0 Å². The maximum absolute atomic E-state index is 10.9. The SMILES string of the molecule is CC(=O)CCc1ccc(OCc2ccncc2Cl)cc1. The van der Waals surface area contributed by atoms with Gasteiger partial charge in [-0.3, -0.25) is 4.98 Å². The van der Waals surface area contributed by atoms with E-state index in [1.807, 2.05) is 30.3 Å². The maximum atomic E-state index is 10.9. The van der Waals surface area contributed by atoms with Crippen LogP contribution < -0.4 is 4.74 Å². The van der Waals surface area contributed by atoms with Crippen molar-refractivity contribution in [3.63, 3.8) is 0 Å². The molecule has 0 amide bonds. The summed E-state index contributed by atoms with van der Waals surface area (Å²) in [6.07, 6.45) is 4.64. The zero-order chi connectivity index (χ0) is 14.4. The van der Waals surface area contributed by atoms with Gasteiger partial charge in [0, 0.05) is 24.4 Å². The minimum atomic E-state index is 0.206. The Morgan fingerprint density at radius 3 is 2.65 bits per heavy atom. The predicted octanol–water partition coefficient (Wildman–Crippen LogP) is 3.84. The number of ketones is 1. The average Bonchev–Trinajstić information content (AvgIpc) is 2.45. The fourth-order valence-corrected chi connectivity index (χ4v) is 1.93. The number of rotatable bonds is 6. The normalized spacial score (nSPS) is 10.3. The summed E-state index contributed by atoms with van der Waals surface area (Å²) in [5, 5.41) is 0.602. The molecule has 0 N–H and O–H groups in total. The largest absolute Gasteiger partial charge is 0.489 e. The van der Waals surface area contributed by atoms with E-state index in [4.69, 9.17) is 16.3 Å². The summed E-state index contributed by atoms with van der Waals surface area (Å²) in [4.78, 5) is 14.9. The van der Waals surface area contributed by atoms with E-state index < -0.39 is 0 Å². The molecule has 0 fully saturated rings. The first-order valence-electron chi connectivity index (χ1n) is 6.45. The number of aryl methyl sites for hydroxylation is 1. The molecule has 0 unspecified atom stereocenters. The van der Waals surface area contributed by atoms with Crippen molar-refractivity contribution in [1.82, 2.24) is 4.98 Å². The summed E-state index contributed by atoms with van der Waals surface area (Å²) in [6.45, 7) is 2.02. The number of Topliss-reactive ketones (excluding diaryl/α,β-unsaturated/α-hetero) is 1. The summed E-state index contributed by atoms with van der Waals surface area (Å²) in [7, 11) is 0. The fraction of sp³-hybridized carbons (Fsp3) is 0.250. The zero-order valence-electron chi connectivity index (χ0n) is 11.3. The molecule has 1 aromatic heterocycles. The van der Waals surface area contributed by atoms with Crippen LogP contribution in [0.15, 0.2) is 42.7 Å². The van der Waals surface area contributed by atoms with Gasteiger partial charge in [-0.25, -0.2) is 0 Å². The molecule has 2 aromatic rings. The van der Waals surface area contributed by atoms with Crippen molar-refractivity contribution in [3.8, 4) is 5.75 Å². The van der Waals surface area contributed by atoms with Gasteiger partial charge >= 0.3 is 0 Å². The molecule has 4 heteroatoms. The van der Waals surface area contributed by atoms with Gasteiger partial charge < -0.3 is 9.53 Å². The molecular weight excluding hydrogens is 274 g/mol. The van der Waals surface area contributed by atoms with Gasteiger partial charge in [-0.05, 0) is 37.1 Å². The number of aromatic nitrogens is 1. The highest BCUT2D eigenvalue weighted by Crippen LogP contribution is 2.18. The molecule has 20 heavy (non-hydrogen) atoms. The molecule has 0 aliphatic heterocycles. The topological polar surface area (TPSA) is 39.2 Å². The minimum absolute atomic E-state index is 0.206. The number of halogens is 1. The number of carbonyl (C=O) groups is 1. The van der Waals surface area contributed by atoms with Crippen molar-refractivity contribution in [2.24, 2.45) is 0 Å². The molecule has 0 aliphatic carbocycles. The molecule has 0 atom stereocenters. The molecule has 1 heterocycles. The third kappa shape index (κ3) is 4.35. The van der Waals surface area contributed by atoms with Gasteiger partial charge in [0.2, 0.25) is 0 Å². The number of hydrogen-bond acceptors (Lipinski definition) is 3. The predicted molar refractivity (Wildman–Crippen MR) is 79.0 cm³/mol. The van der Waals surface area contributed by atoms with Gasteiger partial charge in [0.15, 0.2) is 0 Å². The summed E-state index contributed by atoms with van der Waals surface area (Å²) < 4.78 is 5.67. The van der Waals surface area contributed by atoms with Crippen LogP contribution in [0.4, 0.5) is 0 Å². The van der Waals surface area contributed by atoms with Crippen molar-refractivity contribution >= 4 is 17.4 Å². The number of hydrogen-bond donors (Lipinski definition) is 0. The second kappa shape index (κ2) is 7.06. The Kier molecular flexibility index (Phi) is 5.13. The summed E-state index contributed by atoms with van der Waals surface area (Å²) >= 11 is 6.01. The number of benzene rings is 1. The molecule has 0 saturated heterocycles. The second-order valence-corrected chi connectivity index (χ2v) is 5.01. The van der Waals surface area contributed by atoms with E-state index in [0.717, 1.165) is 23.3 Å². The lowest BCUT2D eigenvalue weighted by Gasteiger charge is -2.08. The van der Waals surface area contributed by atoms with Crippen LogP contribution in [0.5, 0.6) is 5.75 Å². The Morgan fingerprint density at radius 2 is 2.00 bits per heavy atom. The lowest BCUT2D eigenvalue weighted by molar-refractivity contribution is -0.116. The number of ether oxygens (including phenoxy) is 1. The fourth-order valence-electron chi connectivity index (χ4n) is 1.75. The molecule has 0 bridgehead atoms. The monoisotopic (exact) mass is 289 g/mol. The molecule has 0 aliphatic rings. The molecule has 1 aromatic carbocycles. The third-order valence-electron chi connectivity index (χ3n) is 2.94. The van der Waals surface area contributed by atoms with E-state index in [1.54, 1.807) is 19.3 Å². The van der Waals surface area contributed by atoms with Crippen molar-refractivity contribution < 1.29 is 9.53 Å². The van der Waals surface area contributed by atoms with Crippen molar-refractivity contribution in [1.29, 1.82) is 0 Å². The van der Waals surface area contributed by atoms with E-state index in [9.17, 15) is 4.79 Å². The smallest absolute Gasteiger partial charge is 0.130 e. The highest BCUT2D eigenvalue weighted by Gasteiger charge is 2.02. The van der Waals surface area contributed by atoms with Crippen LogP contribution in [0.3, 0.4) is 0 Å². The third-order valence-corrected chi connectivity index (χ3v) is 3.28. The van der Waals surface area contributed by atoms with Crippen LogP contribution in [-0.4, -0.2) is 10.8 Å². The molecule has 104 valence electrons. The van der Waals surface area contributed by atoms with Gasteiger partial charge in [0.25, 0.3) is 0 Å². The molecule has 0 radical (unpaired) electrons. The highest BCUT2D eigenvalue weighted by atomic mass is 35.5. The molecule has 2 rings (SSSR count). The first-order valence-corrected chi connectivity index (χ1v) is 6.82. The maximum Gasteiger partial charge on any atom is 0.130 e. The Labute approximate surface area is 123 Å². The number of carbonyl (C=O) groups excluding carboxylic acids is 1. The van der Waals surface area contributed by atoms with Crippen molar-refractivity contribution in [2.45, 2.75) is 26.4 Å². The van der Waals surface area contributed by atoms with E-state index in [2.05, 4.69) is 4.98 Å². The van der Waals surface area contributed by atoms with Crippen LogP contribution in [0, 0.1) is 0 Å². The molecule has 3 nitrogen and oxygen atoms in total. The standard InChI is InChI=1S/C16H16ClNO2/c1-12(19)2-3-13-4-6-15(7-5-13)20-11-14-8-9-18-10-16(14)17/h4-10H,2-3,11H2,1H3. The minimum Gasteiger partial charge on any atom is -0.489 e. The lowest BCUT2D eigenvalue weighted by atomic mass is 10.1. The Morgan fingerprint density at radius 1 is 1.25 bits per heavy atom. The summed E-state index contributed by atoms with van der Waals surface area (Å²) in [6, 6.07) is 9.61. The van der Waals surface area contributed by atoms with Gasteiger partial charge in [0.05, 0.1) is 5.02 Å². The van der Waals surface area contributed by atoms with E-state index in [-0.39, 0.29) is 5.78 Å². The summed E-state index contributed by atoms with van der Waals surface area (Å²) in [5.41, 5.74) is 2.04. The van der Waals surface area contributed by atoms with E-state index in [1.165, 1.54) is 0 Å². The first kappa shape index (κ1) is 14.5. The Balaban J connectivity index is 1.91. The van der Waals surface area contributed by atoms with Gasteiger partial charge in [-0.1, -0.05) is 23.7 Å². The molecular formula is C16H16ClNO2. The second-order valence-electron chi connectivity index (χ2n) is 4.60. The van der Waals surface area contributed by atoms with Crippen molar-refractivity contribution in [3.05, 3.63) is 58.9 Å². The highest BCUT2D eigenvalue weighted by molar-refractivity contribution is 6.31. The van der Waals surface area contributed by atoms with Gasteiger partial charge in [0.1, 0.15) is 18.1 Å². The lowest BCUT2D eigenvalue weighted by Crippen LogP contribution is -1.97. The summed E-state index contributed by atoms with van der Waals surface area (Å²) in [5.74, 6) is 0.988. The van der Waals surface area contributed by atoms with E-state index in [0.29, 0.717) is 18.1 Å². The Bertz CT molecular complexity index is 581. The number of pyridine rings is 1. The molecule has 0 saturated carbocycles. The van der Waals surface area contributed by atoms with Gasteiger partial charge in [-0.15, -0.1) is 0 Å². The quantitative estimate of drug-likeness (QED) is 0.811. The number of nitrogens with zero attached hydrogens (tertiary/aromatic N) is 1.